The SMILES string of the molecule is O=C1/C(=C/c2cc([N+](=O)[O-])ccc2Cl)SC(=S)N1c1ccc(Br)cc1. The number of non-ortho nitro benzene ring substituents is 1. The molecule has 1 amide bonds. The molecule has 25 heavy (non-hydrogen) atoms. The Labute approximate surface area is 165 Å². The molecule has 0 bridgehead atoms. The second kappa shape index (κ2) is 7.25. The van der Waals surface area contributed by atoms with Gasteiger partial charge < -0.3 is 0 Å². The van der Waals surface area contributed by atoms with Gasteiger partial charge in [0, 0.05) is 27.2 Å². The minimum Gasteiger partial charge on any atom is -0.268 e. The first-order chi connectivity index (χ1) is 11.9. The molecule has 0 saturated carbocycles. The van der Waals surface area contributed by atoms with Crippen LogP contribution in [0.15, 0.2) is 51.8 Å². The summed E-state index contributed by atoms with van der Waals surface area (Å²) in [6, 6.07) is 11.3. The summed E-state index contributed by atoms with van der Waals surface area (Å²) in [4.78, 5) is 24.9. The van der Waals surface area contributed by atoms with Crippen LogP contribution in [0.2, 0.25) is 5.02 Å². The van der Waals surface area contributed by atoms with Crippen molar-refractivity contribution in [2.24, 2.45) is 0 Å². The molecule has 1 fully saturated rings. The number of nitrogens with zero attached hydrogens (tertiary/aromatic N) is 2. The Morgan fingerprint density at radius 2 is 1.92 bits per heavy atom. The van der Waals surface area contributed by atoms with E-state index < -0.39 is 4.92 Å². The second-order valence-corrected chi connectivity index (χ2v) is 7.96. The second-order valence-electron chi connectivity index (χ2n) is 4.96. The molecule has 1 aliphatic heterocycles. The van der Waals surface area contributed by atoms with Crippen LogP contribution in [-0.4, -0.2) is 15.2 Å². The van der Waals surface area contributed by atoms with Crippen molar-refractivity contribution in [2.75, 3.05) is 4.90 Å². The number of hydrogen-bond donors (Lipinski definition) is 0. The van der Waals surface area contributed by atoms with E-state index in [1.54, 1.807) is 12.1 Å². The van der Waals surface area contributed by atoms with Crippen LogP contribution in [0.1, 0.15) is 5.56 Å². The average Bonchev–Trinajstić information content (AvgIpc) is 2.84. The molecule has 126 valence electrons. The summed E-state index contributed by atoms with van der Waals surface area (Å²) < 4.78 is 1.28. The number of rotatable bonds is 3. The first-order valence-electron chi connectivity index (χ1n) is 6.84. The number of nitro groups is 1. The lowest BCUT2D eigenvalue weighted by atomic mass is 10.2. The fourth-order valence-electron chi connectivity index (χ4n) is 2.18. The topological polar surface area (TPSA) is 63.4 Å². The van der Waals surface area contributed by atoms with E-state index in [-0.39, 0.29) is 11.6 Å². The van der Waals surface area contributed by atoms with Crippen LogP contribution in [0.3, 0.4) is 0 Å². The number of benzene rings is 2. The van der Waals surface area contributed by atoms with Crippen LogP contribution in [0.4, 0.5) is 11.4 Å². The first kappa shape index (κ1) is 18.1. The van der Waals surface area contributed by atoms with Crippen LogP contribution in [-0.2, 0) is 4.79 Å². The molecule has 1 heterocycles. The number of hydrogen-bond acceptors (Lipinski definition) is 5. The van der Waals surface area contributed by atoms with E-state index in [1.807, 2.05) is 12.1 Å². The molecule has 1 aliphatic rings. The lowest BCUT2D eigenvalue weighted by Crippen LogP contribution is -2.27. The van der Waals surface area contributed by atoms with Crippen molar-refractivity contribution in [3.8, 4) is 0 Å². The molecular formula is C16H8BrClN2O3S2. The third kappa shape index (κ3) is 3.77. The standard InChI is InChI=1S/C16H8BrClN2O3S2/c17-10-1-3-11(4-2-10)19-15(21)14(25-16(19)24)8-9-7-12(20(22)23)5-6-13(9)18/h1-8H/b14-8-. The van der Waals surface area contributed by atoms with E-state index >= 15 is 0 Å². The van der Waals surface area contributed by atoms with E-state index in [0.717, 1.165) is 16.2 Å². The third-order valence-electron chi connectivity index (χ3n) is 3.36. The molecule has 0 atom stereocenters. The summed E-state index contributed by atoms with van der Waals surface area (Å²) in [6.45, 7) is 0. The average molecular weight is 456 g/mol. The normalized spacial score (nSPS) is 15.9. The van der Waals surface area contributed by atoms with Crippen molar-refractivity contribution >= 4 is 79.2 Å². The number of thiocarbonyl (C=S) groups is 1. The molecular weight excluding hydrogens is 448 g/mol. The maximum absolute atomic E-state index is 12.7. The summed E-state index contributed by atoms with van der Waals surface area (Å²) >= 11 is 15.9. The number of carbonyl (C=O) groups is 1. The molecule has 5 nitrogen and oxygen atoms in total. The maximum atomic E-state index is 12.7. The third-order valence-corrected chi connectivity index (χ3v) is 5.53. The Hall–Kier alpha value is -1.74. The Morgan fingerprint density at radius 1 is 1.24 bits per heavy atom. The van der Waals surface area contributed by atoms with Crippen LogP contribution < -0.4 is 4.90 Å². The van der Waals surface area contributed by atoms with E-state index in [4.69, 9.17) is 23.8 Å². The first-order valence-corrected chi connectivity index (χ1v) is 9.24. The Balaban J connectivity index is 1.97. The van der Waals surface area contributed by atoms with Crippen molar-refractivity contribution in [1.29, 1.82) is 0 Å². The van der Waals surface area contributed by atoms with Gasteiger partial charge in [-0.25, -0.2) is 0 Å². The van der Waals surface area contributed by atoms with Crippen molar-refractivity contribution in [3.63, 3.8) is 0 Å². The van der Waals surface area contributed by atoms with Gasteiger partial charge in [-0.1, -0.05) is 51.5 Å². The van der Waals surface area contributed by atoms with Crippen molar-refractivity contribution in [3.05, 3.63) is 72.5 Å². The van der Waals surface area contributed by atoms with Gasteiger partial charge in [0.25, 0.3) is 11.6 Å². The van der Waals surface area contributed by atoms with Crippen LogP contribution in [0.25, 0.3) is 6.08 Å². The minimum absolute atomic E-state index is 0.0981. The zero-order valence-corrected chi connectivity index (χ0v) is 16.3. The number of nitro benzene ring substituents is 1. The summed E-state index contributed by atoms with van der Waals surface area (Å²) in [5.41, 5.74) is 0.949. The summed E-state index contributed by atoms with van der Waals surface area (Å²) in [5.74, 6) is -0.292. The molecule has 3 rings (SSSR count). The Bertz CT molecular complexity index is 931. The van der Waals surface area contributed by atoms with Crippen LogP contribution in [0.5, 0.6) is 0 Å². The molecule has 0 spiro atoms. The van der Waals surface area contributed by atoms with Crippen molar-refractivity contribution < 1.29 is 9.72 Å². The highest BCUT2D eigenvalue weighted by Crippen LogP contribution is 2.37. The molecule has 0 unspecified atom stereocenters. The molecule has 9 heteroatoms. The fraction of sp³-hybridized carbons (Fsp3) is 0. The fourth-order valence-corrected chi connectivity index (χ4v) is 3.90. The highest BCUT2D eigenvalue weighted by molar-refractivity contribution is 9.10. The maximum Gasteiger partial charge on any atom is 0.270 e. The van der Waals surface area contributed by atoms with Gasteiger partial charge >= 0.3 is 0 Å². The lowest BCUT2D eigenvalue weighted by molar-refractivity contribution is -0.384. The molecule has 1 saturated heterocycles. The van der Waals surface area contributed by atoms with Gasteiger partial charge in [0.05, 0.1) is 15.5 Å². The molecule has 0 N–H and O–H groups in total. The smallest absolute Gasteiger partial charge is 0.268 e. The molecule has 2 aromatic carbocycles. The van der Waals surface area contributed by atoms with Gasteiger partial charge in [0.2, 0.25) is 0 Å². The Kier molecular flexibility index (Phi) is 5.24. The quantitative estimate of drug-likeness (QED) is 0.268. The van der Waals surface area contributed by atoms with Gasteiger partial charge in [0.15, 0.2) is 4.32 Å². The van der Waals surface area contributed by atoms with Crippen LogP contribution >= 0.6 is 51.5 Å². The molecule has 0 aromatic heterocycles. The monoisotopic (exact) mass is 454 g/mol. The van der Waals surface area contributed by atoms with Crippen molar-refractivity contribution in [2.45, 2.75) is 0 Å². The minimum atomic E-state index is -0.513. The highest BCUT2D eigenvalue weighted by Gasteiger charge is 2.33. The van der Waals surface area contributed by atoms with E-state index in [1.165, 1.54) is 29.2 Å². The molecule has 0 radical (unpaired) electrons. The van der Waals surface area contributed by atoms with Gasteiger partial charge in [-0.15, -0.1) is 0 Å². The lowest BCUT2D eigenvalue weighted by Gasteiger charge is -2.14. The summed E-state index contributed by atoms with van der Waals surface area (Å²) in [6.07, 6.45) is 1.52. The van der Waals surface area contributed by atoms with E-state index in [0.29, 0.717) is 25.5 Å². The van der Waals surface area contributed by atoms with Gasteiger partial charge in [-0.3, -0.25) is 19.8 Å². The number of amides is 1. The zero-order valence-electron chi connectivity index (χ0n) is 12.3. The largest absolute Gasteiger partial charge is 0.270 e. The summed E-state index contributed by atoms with van der Waals surface area (Å²) in [5, 5.41) is 11.2. The predicted molar refractivity (Wildman–Crippen MR) is 108 cm³/mol. The number of carbonyl (C=O) groups excluding carboxylic acids is 1. The zero-order chi connectivity index (χ0) is 18.1. The van der Waals surface area contributed by atoms with E-state index in [9.17, 15) is 14.9 Å². The van der Waals surface area contributed by atoms with Crippen LogP contribution in [0, 0.1) is 10.1 Å². The highest BCUT2D eigenvalue weighted by atomic mass is 79.9. The van der Waals surface area contributed by atoms with Crippen molar-refractivity contribution in [1.82, 2.24) is 0 Å². The van der Waals surface area contributed by atoms with E-state index in [2.05, 4.69) is 15.9 Å². The number of halogens is 2. The number of thioether (sulfide) groups is 1. The molecule has 2 aromatic rings. The number of anilines is 1. The van der Waals surface area contributed by atoms with Gasteiger partial charge in [0.1, 0.15) is 0 Å². The van der Waals surface area contributed by atoms with Gasteiger partial charge in [-0.05, 0) is 36.4 Å². The molecule has 0 aliphatic carbocycles. The van der Waals surface area contributed by atoms with Gasteiger partial charge in [-0.2, -0.15) is 0 Å². The summed E-state index contributed by atoms with van der Waals surface area (Å²) in [7, 11) is 0. The predicted octanol–water partition coefficient (Wildman–Crippen LogP) is 5.42. The Morgan fingerprint density at radius 3 is 2.56 bits per heavy atom.